The van der Waals surface area contributed by atoms with Crippen molar-refractivity contribution >= 4 is 29.2 Å². The second kappa shape index (κ2) is 5.49. The zero-order chi connectivity index (χ0) is 17.9. The minimum atomic E-state index is -1.02. The molecule has 0 saturated heterocycles. The number of thioether (sulfide) groups is 1. The number of carbonyl (C=O) groups excluding carboxylic acids is 3. The second-order valence-corrected chi connectivity index (χ2v) is 7.70. The van der Waals surface area contributed by atoms with E-state index in [1.807, 2.05) is 12.1 Å². The number of primary amides is 1. The minimum Gasteiger partial charge on any atom is -0.511 e. The molecule has 3 unspecified atom stereocenters. The lowest BCUT2D eigenvalue weighted by Crippen LogP contribution is -2.43. The smallest absolute Gasteiger partial charge is 0.255 e. The Morgan fingerprint density at radius 1 is 1.20 bits per heavy atom. The number of benzene rings is 1. The summed E-state index contributed by atoms with van der Waals surface area (Å²) in [6.07, 6.45) is 0.537. The van der Waals surface area contributed by atoms with Crippen molar-refractivity contribution in [1.29, 1.82) is 0 Å². The summed E-state index contributed by atoms with van der Waals surface area (Å²) in [6, 6.07) is 7.14. The van der Waals surface area contributed by atoms with Gasteiger partial charge in [0.2, 0.25) is 0 Å². The lowest BCUT2D eigenvalue weighted by atomic mass is 9.69. The summed E-state index contributed by atoms with van der Waals surface area (Å²) in [5.74, 6) is -4.00. The largest absolute Gasteiger partial charge is 0.511 e. The summed E-state index contributed by atoms with van der Waals surface area (Å²) in [7, 11) is 0. The molecule has 0 bridgehead atoms. The van der Waals surface area contributed by atoms with E-state index in [9.17, 15) is 24.6 Å². The van der Waals surface area contributed by atoms with Crippen LogP contribution in [0.1, 0.15) is 23.2 Å². The first-order valence-corrected chi connectivity index (χ1v) is 8.77. The predicted molar refractivity (Wildman–Crippen MR) is 90.1 cm³/mol. The maximum Gasteiger partial charge on any atom is 0.255 e. The number of fused-ring (bicyclic) bond motifs is 3. The van der Waals surface area contributed by atoms with Crippen LogP contribution in [0, 0.1) is 11.8 Å². The summed E-state index contributed by atoms with van der Waals surface area (Å²) in [4.78, 5) is 37.8. The molecule has 2 aliphatic carbocycles. The molecule has 3 aliphatic rings. The van der Waals surface area contributed by atoms with Crippen LogP contribution in [0.4, 0.5) is 0 Å². The number of amides is 1. The number of aliphatic hydroxyl groups excluding tert-OH is 2. The highest BCUT2D eigenvalue weighted by Crippen LogP contribution is 2.50. The van der Waals surface area contributed by atoms with Crippen molar-refractivity contribution in [3.8, 4) is 0 Å². The highest BCUT2D eigenvalue weighted by atomic mass is 32.2. The van der Waals surface area contributed by atoms with Gasteiger partial charge in [0, 0.05) is 22.1 Å². The van der Waals surface area contributed by atoms with Gasteiger partial charge >= 0.3 is 0 Å². The Bertz CT molecular complexity index is 900. The van der Waals surface area contributed by atoms with E-state index in [4.69, 9.17) is 5.73 Å². The van der Waals surface area contributed by atoms with Crippen molar-refractivity contribution in [3.05, 3.63) is 52.5 Å². The maximum atomic E-state index is 12.8. The van der Waals surface area contributed by atoms with Crippen LogP contribution in [0.3, 0.4) is 0 Å². The highest BCUT2D eigenvalue weighted by Gasteiger charge is 2.50. The number of hydrogen-bond acceptors (Lipinski definition) is 6. The zero-order valence-electron chi connectivity index (χ0n) is 13.1. The normalized spacial score (nSPS) is 28.4. The SMILES string of the molecule is NC(=O)C1=C(O)CC2CC3Sc4ccccc4C(=O)C3=C(O)C2C1=O. The number of rotatable bonds is 1. The van der Waals surface area contributed by atoms with Crippen LogP contribution in [-0.2, 0) is 9.59 Å². The fourth-order valence-corrected chi connectivity index (χ4v) is 5.40. The number of ketones is 2. The average Bonchev–Trinajstić information content (AvgIpc) is 2.53. The van der Waals surface area contributed by atoms with Gasteiger partial charge in [-0.15, -0.1) is 11.8 Å². The van der Waals surface area contributed by atoms with Crippen LogP contribution >= 0.6 is 11.8 Å². The van der Waals surface area contributed by atoms with E-state index in [0.29, 0.717) is 12.0 Å². The summed E-state index contributed by atoms with van der Waals surface area (Å²) in [5, 5.41) is 20.5. The van der Waals surface area contributed by atoms with Gasteiger partial charge in [-0.25, -0.2) is 0 Å². The van der Waals surface area contributed by atoms with E-state index in [0.717, 1.165) is 4.90 Å². The molecule has 0 spiro atoms. The molecule has 0 fully saturated rings. The van der Waals surface area contributed by atoms with Gasteiger partial charge in [-0.05, 0) is 24.5 Å². The molecule has 0 radical (unpaired) electrons. The molecule has 1 aromatic rings. The standard InChI is InChI=1S/C18H15NO5S/c19-18(24)13-9(20)5-7-6-11-14(17(23)12(7)16(13)22)15(21)8-3-1-2-4-10(8)25-11/h1-4,7,11-12,20,23H,5-6H2,(H2,19,24). The van der Waals surface area contributed by atoms with E-state index >= 15 is 0 Å². The number of hydrogen-bond donors (Lipinski definition) is 3. The number of nitrogens with two attached hydrogens (primary N) is 1. The summed E-state index contributed by atoms with van der Waals surface area (Å²) in [5.41, 5.74) is 5.45. The highest BCUT2D eigenvalue weighted by molar-refractivity contribution is 8.00. The minimum absolute atomic E-state index is 0.0823. The predicted octanol–water partition coefficient (Wildman–Crippen LogP) is 2.06. The fourth-order valence-electron chi connectivity index (χ4n) is 3.96. The zero-order valence-corrected chi connectivity index (χ0v) is 13.9. The topological polar surface area (TPSA) is 118 Å². The Hall–Kier alpha value is -2.54. The van der Waals surface area contributed by atoms with Gasteiger partial charge < -0.3 is 15.9 Å². The molecule has 7 heteroatoms. The third-order valence-corrected chi connectivity index (χ3v) is 6.37. The van der Waals surface area contributed by atoms with Crippen molar-refractivity contribution in [1.82, 2.24) is 0 Å². The third kappa shape index (κ3) is 2.22. The lowest BCUT2D eigenvalue weighted by molar-refractivity contribution is -0.125. The van der Waals surface area contributed by atoms with Gasteiger partial charge in [0.1, 0.15) is 17.1 Å². The van der Waals surface area contributed by atoms with Crippen LogP contribution in [0.25, 0.3) is 0 Å². The average molecular weight is 357 g/mol. The van der Waals surface area contributed by atoms with E-state index in [1.165, 1.54) is 11.8 Å². The van der Waals surface area contributed by atoms with Crippen LogP contribution in [-0.4, -0.2) is 32.9 Å². The summed E-state index contributed by atoms with van der Waals surface area (Å²) in [6.45, 7) is 0. The third-order valence-electron chi connectivity index (χ3n) is 5.05. The van der Waals surface area contributed by atoms with Crippen molar-refractivity contribution in [3.63, 3.8) is 0 Å². The quantitative estimate of drug-likeness (QED) is 0.662. The molecule has 4 rings (SSSR count). The molecule has 1 aromatic carbocycles. The molecular weight excluding hydrogens is 342 g/mol. The van der Waals surface area contributed by atoms with Gasteiger partial charge in [-0.1, -0.05) is 12.1 Å². The molecule has 3 atom stereocenters. The molecule has 0 aromatic heterocycles. The van der Waals surface area contributed by atoms with Crippen LogP contribution < -0.4 is 5.73 Å². The van der Waals surface area contributed by atoms with Crippen LogP contribution in [0.15, 0.2) is 51.8 Å². The first-order valence-electron chi connectivity index (χ1n) is 7.89. The Labute approximate surface area is 147 Å². The lowest BCUT2D eigenvalue weighted by Gasteiger charge is -2.40. The van der Waals surface area contributed by atoms with Crippen molar-refractivity contribution in [2.24, 2.45) is 17.6 Å². The van der Waals surface area contributed by atoms with Gasteiger partial charge in [0.25, 0.3) is 5.91 Å². The van der Waals surface area contributed by atoms with Crippen LogP contribution in [0.2, 0.25) is 0 Å². The molecule has 4 N–H and O–H groups in total. The molecule has 1 heterocycles. The monoisotopic (exact) mass is 357 g/mol. The molecule has 6 nitrogen and oxygen atoms in total. The molecule has 0 saturated carbocycles. The number of carbonyl (C=O) groups is 3. The van der Waals surface area contributed by atoms with Gasteiger partial charge in [0.15, 0.2) is 11.6 Å². The van der Waals surface area contributed by atoms with Gasteiger partial charge in [-0.3, -0.25) is 14.4 Å². The molecule has 25 heavy (non-hydrogen) atoms. The molecule has 128 valence electrons. The fraction of sp³-hybridized carbons (Fsp3) is 0.278. The van der Waals surface area contributed by atoms with E-state index in [-0.39, 0.29) is 40.5 Å². The van der Waals surface area contributed by atoms with E-state index in [2.05, 4.69) is 0 Å². The first kappa shape index (κ1) is 16.0. The Morgan fingerprint density at radius 2 is 1.92 bits per heavy atom. The summed E-state index contributed by atoms with van der Waals surface area (Å²) < 4.78 is 0. The number of allylic oxidation sites excluding steroid dienone is 2. The molecule has 1 amide bonds. The Balaban J connectivity index is 1.83. The van der Waals surface area contributed by atoms with Gasteiger partial charge in [0.05, 0.1) is 11.5 Å². The number of aliphatic hydroxyl groups is 2. The van der Waals surface area contributed by atoms with E-state index < -0.39 is 23.2 Å². The van der Waals surface area contributed by atoms with Crippen molar-refractivity contribution < 1.29 is 24.6 Å². The van der Waals surface area contributed by atoms with Gasteiger partial charge in [-0.2, -0.15) is 0 Å². The number of Topliss-reactive ketones (excluding diaryl/α,β-unsaturated/α-hetero) is 2. The van der Waals surface area contributed by atoms with Crippen molar-refractivity contribution in [2.75, 3.05) is 0 Å². The van der Waals surface area contributed by atoms with Crippen molar-refractivity contribution in [2.45, 2.75) is 23.0 Å². The molecule has 1 aliphatic heterocycles. The summed E-state index contributed by atoms with van der Waals surface area (Å²) >= 11 is 1.47. The first-order chi connectivity index (χ1) is 11.9. The second-order valence-electron chi connectivity index (χ2n) is 6.46. The Kier molecular flexibility index (Phi) is 3.50. The van der Waals surface area contributed by atoms with Crippen LogP contribution in [0.5, 0.6) is 0 Å². The molecular formula is C18H15NO5S. The van der Waals surface area contributed by atoms with E-state index in [1.54, 1.807) is 12.1 Å². The maximum absolute atomic E-state index is 12.8. The Morgan fingerprint density at radius 3 is 2.64 bits per heavy atom.